The first kappa shape index (κ1) is 13.3. The average Bonchev–Trinajstić information content (AvgIpc) is 2.22. The van der Waals surface area contributed by atoms with Gasteiger partial charge in [-0.2, -0.15) is 0 Å². The molecule has 1 aliphatic rings. The van der Waals surface area contributed by atoms with E-state index in [1.807, 2.05) is 6.92 Å². The molecule has 2 heteroatoms. The number of esters is 1. The standard InChI is InChI=1S/C14H24O2/c1-5-6-13(15)16-14(11(2)3)9-7-12(4)8-10-14/h7,11H,5-6,8-10H2,1-4H3/t14-/m0/s1. The first-order chi connectivity index (χ1) is 7.50. The first-order valence-electron chi connectivity index (χ1n) is 6.37. The Kier molecular flexibility index (Phi) is 4.57. The van der Waals surface area contributed by atoms with Crippen molar-refractivity contribution in [3.63, 3.8) is 0 Å². The van der Waals surface area contributed by atoms with Gasteiger partial charge in [-0.1, -0.05) is 32.4 Å². The van der Waals surface area contributed by atoms with Gasteiger partial charge in [0.05, 0.1) is 0 Å². The molecule has 0 aliphatic heterocycles. The van der Waals surface area contributed by atoms with E-state index in [4.69, 9.17) is 4.74 Å². The van der Waals surface area contributed by atoms with Crippen molar-refractivity contribution in [1.29, 1.82) is 0 Å². The molecule has 0 saturated carbocycles. The smallest absolute Gasteiger partial charge is 0.306 e. The molecule has 0 bridgehead atoms. The monoisotopic (exact) mass is 224 g/mol. The Morgan fingerprint density at radius 1 is 1.56 bits per heavy atom. The van der Waals surface area contributed by atoms with Crippen molar-refractivity contribution in [2.24, 2.45) is 5.92 Å². The number of carbonyl (C=O) groups excluding carboxylic acids is 1. The Bertz CT molecular complexity index is 278. The molecule has 0 amide bonds. The molecule has 1 rings (SSSR count). The van der Waals surface area contributed by atoms with Gasteiger partial charge in [0.25, 0.3) is 0 Å². The maximum Gasteiger partial charge on any atom is 0.306 e. The minimum Gasteiger partial charge on any atom is -0.458 e. The summed E-state index contributed by atoms with van der Waals surface area (Å²) < 4.78 is 5.75. The van der Waals surface area contributed by atoms with Gasteiger partial charge in [-0.3, -0.25) is 4.79 Å². The fourth-order valence-electron chi connectivity index (χ4n) is 2.18. The van der Waals surface area contributed by atoms with Crippen LogP contribution in [0, 0.1) is 5.92 Å². The lowest BCUT2D eigenvalue weighted by Crippen LogP contribution is -2.41. The average molecular weight is 224 g/mol. The summed E-state index contributed by atoms with van der Waals surface area (Å²) in [5.74, 6) is 0.349. The number of allylic oxidation sites excluding steroid dienone is 1. The summed E-state index contributed by atoms with van der Waals surface area (Å²) in [6.45, 7) is 8.45. The van der Waals surface area contributed by atoms with Crippen LogP contribution in [0.4, 0.5) is 0 Å². The second-order valence-corrected chi connectivity index (χ2v) is 5.20. The molecule has 92 valence electrons. The minimum absolute atomic E-state index is 0.0378. The zero-order valence-electron chi connectivity index (χ0n) is 11.0. The summed E-state index contributed by atoms with van der Waals surface area (Å²) >= 11 is 0. The maximum absolute atomic E-state index is 11.7. The summed E-state index contributed by atoms with van der Waals surface area (Å²) in [4.78, 5) is 11.7. The van der Waals surface area contributed by atoms with Crippen LogP contribution < -0.4 is 0 Å². The van der Waals surface area contributed by atoms with Gasteiger partial charge in [-0.15, -0.1) is 0 Å². The van der Waals surface area contributed by atoms with Crippen molar-refractivity contribution >= 4 is 5.97 Å². The van der Waals surface area contributed by atoms with Crippen LogP contribution in [0.2, 0.25) is 0 Å². The number of hydrogen-bond acceptors (Lipinski definition) is 2. The predicted molar refractivity (Wildman–Crippen MR) is 66.2 cm³/mol. The van der Waals surface area contributed by atoms with Crippen molar-refractivity contribution in [2.45, 2.75) is 65.4 Å². The predicted octanol–water partition coefficient (Wildman–Crippen LogP) is 3.85. The molecule has 2 nitrogen and oxygen atoms in total. The van der Waals surface area contributed by atoms with Crippen LogP contribution in [0.25, 0.3) is 0 Å². The molecule has 0 fully saturated rings. The van der Waals surface area contributed by atoms with Crippen molar-refractivity contribution < 1.29 is 9.53 Å². The first-order valence-corrected chi connectivity index (χ1v) is 6.37. The van der Waals surface area contributed by atoms with Gasteiger partial charge in [-0.25, -0.2) is 0 Å². The third-order valence-electron chi connectivity index (χ3n) is 3.56. The lowest BCUT2D eigenvalue weighted by atomic mass is 9.78. The molecule has 0 aromatic rings. The third kappa shape index (κ3) is 3.10. The van der Waals surface area contributed by atoms with Gasteiger partial charge in [0.2, 0.25) is 0 Å². The number of hydrogen-bond donors (Lipinski definition) is 0. The van der Waals surface area contributed by atoms with Gasteiger partial charge in [0.15, 0.2) is 0 Å². The highest BCUT2D eigenvalue weighted by Gasteiger charge is 2.38. The van der Waals surface area contributed by atoms with Gasteiger partial charge < -0.3 is 4.74 Å². The summed E-state index contributed by atoms with van der Waals surface area (Å²) in [7, 11) is 0. The highest BCUT2D eigenvalue weighted by atomic mass is 16.6. The molecule has 0 saturated heterocycles. The van der Waals surface area contributed by atoms with Crippen LogP contribution in [0.1, 0.15) is 59.8 Å². The Morgan fingerprint density at radius 2 is 2.25 bits per heavy atom. The fourth-order valence-corrected chi connectivity index (χ4v) is 2.18. The van der Waals surface area contributed by atoms with E-state index in [1.165, 1.54) is 5.57 Å². The minimum atomic E-state index is -0.244. The van der Waals surface area contributed by atoms with E-state index in [1.54, 1.807) is 0 Å². The van der Waals surface area contributed by atoms with Crippen LogP contribution in [0.3, 0.4) is 0 Å². The van der Waals surface area contributed by atoms with Gasteiger partial charge in [0.1, 0.15) is 5.60 Å². The molecule has 0 radical (unpaired) electrons. The van der Waals surface area contributed by atoms with Crippen molar-refractivity contribution in [2.75, 3.05) is 0 Å². The van der Waals surface area contributed by atoms with E-state index in [2.05, 4.69) is 26.8 Å². The van der Waals surface area contributed by atoms with Crippen LogP contribution in [0.5, 0.6) is 0 Å². The molecule has 0 heterocycles. The van der Waals surface area contributed by atoms with Crippen molar-refractivity contribution in [3.05, 3.63) is 11.6 Å². The maximum atomic E-state index is 11.7. The van der Waals surface area contributed by atoms with Crippen LogP contribution >= 0.6 is 0 Å². The molecular formula is C14H24O2. The van der Waals surface area contributed by atoms with E-state index in [0.717, 1.165) is 25.7 Å². The topological polar surface area (TPSA) is 26.3 Å². The van der Waals surface area contributed by atoms with Gasteiger partial charge in [-0.05, 0) is 32.1 Å². The number of carbonyl (C=O) groups is 1. The number of ether oxygens (including phenoxy) is 1. The summed E-state index contributed by atoms with van der Waals surface area (Å²) in [6.07, 6.45) is 6.54. The Labute approximate surface area is 99.1 Å². The fraction of sp³-hybridized carbons (Fsp3) is 0.786. The van der Waals surface area contributed by atoms with Crippen LogP contribution in [-0.4, -0.2) is 11.6 Å². The molecule has 0 spiro atoms. The van der Waals surface area contributed by atoms with Crippen LogP contribution in [-0.2, 0) is 9.53 Å². The molecular weight excluding hydrogens is 200 g/mol. The molecule has 1 aliphatic carbocycles. The Balaban J connectivity index is 2.71. The second kappa shape index (κ2) is 5.51. The van der Waals surface area contributed by atoms with E-state index < -0.39 is 0 Å². The van der Waals surface area contributed by atoms with E-state index >= 15 is 0 Å². The Hall–Kier alpha value is -0.790. The normalized spacial score (nSPS) is 25.4. The van der Waals surface area contributed by atoms with Crippen molar-refractivity contribution in [3.8, 4) is 0 Å². The lowest BCUT2D eigenvalue weighted by molar-refractivity contribution is -0.166. The molecule has 0 aromatic heterocycles. The summed E-state index contributed by atoms with van der Waals surface area (Å²) in [5, 5.41) is 0. The van der Waals surface area contributed by atoms with Crippen LogP contribution in [0.15, 0.2) is 11.6 Å². The highest BCUT2D eigenvalue weighted by Crippen LogP contribution is 2.37. The SMILES string of the molecule is CCCC(=O)O[C@@]1(C(C)C)CC=C(C)CC1. The Morgan fingerprint density at radius 3 is 2.69 bits per heavy atom. The second-order valence-electron chi connectivity index (χ2n) is 5.20. The molecule has 0 N–H and O–H groups in total. The third-order valence-corrected chi connectivity index (χ3v) is 3.56. The quantitative estimate of drug-likeness (QED) is 0.535. The largest absolute Gasteiger partial charge is 0.458 e. The van der Waals surface area contributed by atoms with E-state index in [-0.39, 0.29) is 11.6 Å². The summed E-state index contributed by atoms with van der Waals surface area (Å²) in [5.41, 5.74) is 1.17. The zero-order valence-corrected chi connectivity index (χ0v) is 11.0. The highest BCUT2D eigenvalue weighted by molar-refractivity contribution is 5.69. The van der Waals surface area contributed by atoms with E-state index in [0.29, 0.717) is 12.3 Å². The lowest BCUT2D eigenvalue weighted by Gasteiger charge is -2.39. The summed E-state index contributed by atoms with van der Waals surface area (Å²) in [6, 6.07) is 0. The molecule has 16 heavy (non-hydrogen) atoms. The molecule has 0 aromatic carbocycles. The van der Waals surface area contributed by atoms with E-state index in [9.17, 15) is 4.79 Å². The molecule has 1 atom stereocenters. The molecule has 0 unspecified atom stereocenters. The zero-order chi connectivity index (χ0) is 12.2. The number of rotatable bonds is 4. The van der Waals surface area contributed by atoms with Gasteiger partial charge >= 0.3 is 5.97 Å². The van der Waals surface area contributed by atoms with Gasteiger partial charge in [0, 0.05) is 12.8 Å². The van der Waals surface area contributed by atoms with Crippen molar-refractivity contribution in [1.82, 2.24) is 0 Å².